The third-order valence-corrected chi connectivity index (χ3v) is 4.01. The summed E-state index contributed by atoms with van der Waals surface area (Å²) in [6.07, 6.45) is -0.463. The van der Waals surface area contributed by atoms with Crippen molar-refractivity contribution in [3.05, 3.63) is 63.6 Å². The Balaban J connectivity index is 2.12. The third-order valence-electron chi connectivity index (χ3n) is 3.12. The minimum atomic E-state index is -0.463. The molecule has 1 atom stereocenters. The molecule has 0 saturated carbocycles. The molecule has 0 aromatic heterocycles. The van der Waals surface area contributed by atoms with Gasteiger partial charge in [-0.15, -0.1) is 0 Å². The molecule has 3 heteroatoms. The summed E-state index contributed by atoms with van der Waals surface area (Å²) in [5.74, 6) is 0. The van der Waals surface area contributed by atoms with E-state index in [9.17, 15) is 5.11 Å². The van der Waals surface area contributed by atoms with Crippen LogP contribution in [-0.4, -0.2) is 5.11 Å². The van der Waals surface area contributed by atoms with Gasteiger partial charge in [0.25, 0.3) is 0 Å². The minimum Gasteiger partial charge on any atom is -0.389 e. The van der Waals surface area contributed by atoms with Gasteiger partial charge in [-0.05, 0) is 37.1 Å². The van der Waals surface area contributed by atoms with Crippen molar-refractivity contribution in [2.24, 2.45) is 0 Å². The summed E-state index contributed by atoms with van der Waals surface area (Å²) < 4.78 is 1.13. The molecule has 0 amide bonds. The van der Waals surface area contributed by atoms with E-state index in [0.29, 0.717) is 0 Å². The van der Waals surface area contributed by atoms with Gasteiger partial charge in [0.1, 0.15) is 0 Å². The first-order valence-corrected chi connectivity index (χ1v) is 7.13. The van der Waals surface area contributed by atoms with E-state index in [1.165, 1.54) is 11.1 Å². The molecule has 0 radical (unpaired) electrons. The van der Waals surface area contributed by atoms with Gasteiger partial charge in [0.15, 0.2) is 0 Å². The average molecular weight is 320 g/mol. The van der Waals surface area contributed by atoms with E-state index in [4.69, 9.17) is 0 Å². The van der Waals surface area contributed by atoms with Crippen LogP contribution in [0.5, 0.6) is 0 Å². The Kier molecular flexibility index (Phi) is 4.61. The zero-order valence-electron chi connectivity index (χ0n) is 11.2. The lowest BCUT2D eigenvalue weighted by Crippen LogP contribution is -2.04. The molecule has 0 fully saturated rings. The first kappa shape index (κ1) is 14.1. The molecule has 2 aromatic carbocycles. The predicted molar refractivity (Wildman–Crippen MR) is 83.3 cm³/mol. The Bertz CT molecular complexity index is 566. The highest BCUT2D eigenvalue weighted by Crippen LogP contribution is 2.23. The van der Waals surface area contributed by atoms with E-state index >= 15 is 0 Å². The van der Waals surface area contributed by atoms with Crippen LogP contribution in [0, 0.1) is 6.92 Å². The van der Waals surface area contributed by atoms with E-state index in [1.807, 2.05) is 24.3 Å². The molecule has 0 aliphatic heterocycles. The van der Waals surface area contributed by atoms with Gasteiger partial charge in [0.2, 0.25) is 0 Å². The molecule has 0 heterocycles. The fourth-order valence-electron chi connectivity index (χ4n) is 2.04. The van der Waals surface area contributed by atoms with Gasteiger partial charge in [-0.2, -0.15) is 0 Å². The maximum atomic E-state index is 9.74. The normalized spacial score (nSPS) is 12.2. The maximum Gasteiger partial charge on any atom is 0.0781 e. The SMILES string of the molecule is Cc1cc(CNc2ccccc2C(C)O)ccc1Br. The topological polar surface area (TPSA) is 32.3 Å². The van der Waals surface area contributed by atoms with E-state index in [2.05, 4.69) is 46.4 Å². The van der Waals surface area contributed by atoms with Crippen LogP contribution in [-0.2, 0) is 6.54 Å². The van der Waals surface area contributed by atoms with Crippen molar-refractivity contribution < 1.29 is 5.11 Å². The molecule has 2 aromatic rings. The number of aliphatic hydroxyl groups excluding tert-OH is 1. The summed E-state index contributed by atoms with van der Waals surface area (Å²) in [5, 5.41) is 13.1. The quantitative estimate of drug-likeness (QED) is 0.874. The molecule has 2 nitrogen and oxygen atoms in total. The van der Waals surface area contributed by atoms with Crippen molar-refractivity contribution in [1.29, 1.82) is 0 Å². The molecule has 19 heavy (non-hydrogen) atoms. The van der Waals surface area contributed by atoms with Crippen molar-refractivity contribution in [3.63, 3.8) is 0 Å². The lowest BCUT2D eigenvalue weighted by atomic mass is 10.1. The van der Waals surface area contributed by atoms with Gasteiger partial charge in [-0.1, -0.05) is 46.3 Å². The standard InChI is InChI=1S/C16H18BrNO/c1-11-9-13(7-8-15(11)17)10-18-16-6-4-3-5-14(16)12(2)19/h3-9,12,18-19H,10H2,1-2H3. The molecule has 0 aliphatic carbocycles. The first-order chi connectivity index (χ1) is 9.08. The summed E-state index contributed by atoms with van der Waals surface area (Å²) in [7, 11) is 0. The number of nitrogens with one attached hydrogen (secondary N) is 1. The molecular formula is C16H18BrNO. The molecule has 2 rings (SSSR count). The fraction of sp³-hybridized carbons (Fsp3) is 0.250. The number of anilines is 1. The largest absolute Gasteiger partial charge is 0.389 e. The molecule has 0 aliphatic rings. The Morgan fingerprint density at radius 1 is 1.21 bits per heavy atom. The molecule has 2 N–H and O–H groups in total. The second kappa shape index (κ2) is 6.22. The number of aliphatic hydroxyl groups is 1. The number of rotatable bonds is 4. The third kappa shape index (κ3) is 3.58. The predicted octanol–water partition coefficient (Wildman–Crippen LogP) is 4.42. The number of halogens is 1. The van der Waals surface area contributed by atoms with Crippen molar-refractivity contribution in [2.75, 3.05) is 5.32 Å². The number of para-hydroxylation sites is 1. The number of hydrogen-bond donors (Lipinski definition) is 2. The highest BCUT2D eigenvalue weighted by molar-refractivity contribution is 9.10. The highest BCUT2D eigenvalue weighted by atomic mass is 79.9. The van der Waals surface area contributed by atoms with Gasteiger partial charge in [-0.25, -0.2) is 0 Å². The zero-order chi connectivity index (χ0) is 13.8. The van der Waals surface area contributed by atoms with Crippen LogP contribution in [0.25, 0.3) is 0 Å². The fourth-order valence-corrected chi connectivity index (χ4v) is 2.28. The summed E-state index contributed by atoms with van der Waals surface area (Å²) in [5.41, 5.74) is 4.36. The Hall–Kier alpha value is -1.32. The smallest absolute Gasteiger partial charge is 0.0781 e. The van der Waals surface area contributed by atoms with Gasteiger partial charge in [0.05, 0.1) is 6.10 Å². The van der Waals surface area contributed by atoms with Crippen LogP contribution in [0.15, 0.2) is 46.9 Å². The molecule has 0 bridgehead atoms. The number of aryl methyl sites for hydroxylation is 1. The minimum absolute atomic E-state index is 0.463. The Labute approximate surface area is 122 Å². The van der Waals surface area contributed by atoms with Gasteiger partial charge in [-0.3, -0.25) is 0 Å². The van der Waals surface area contributed by atoms with Crippen LogP contribution < -0.4 is 5.32 Å². The second-order valence-corrected chi connectivity index (χ2v) is 5.55. The summed E-state index contributed by atoms with van der Waals surface area (Å²) >= 11 is 3.50. The molecule has 100 valence electrons. The van der Waals surface area contributed by atoms with Gasteiger partial charge in [0, 0.05) is 22.3 Å². The van der Waals surface area contributed by atoms with Crippen LogP contribution >= 0.6 is 15.9 Å². The lowest BCUT2D eigenvalue weighted by Gasteiger charge is -2.14. The van der Waals surface area contributed by atoms with Crippen LogP contribution in [0.2, 0.25) is 0 Å². The van der Waals surface area contributed by atoms with E-state index in [-0.39, 0.29) is 0 Å². The van der Waals surface area contributed by atoms with Crippen LogP contribution in [0.4, 0.5) is 5.69 Å². The summed E-state index contributed by atoms with van der Waals surface area (Å²) in [6.45, 7) is 4.61. The van der Waals surface area contributed by atoms with Crippen molar-refractivity contribution in [2.45, 2.75) is 26.5 Å². The molecule has 0 spiro atoms. The molecular weight excluding hydrogens is 302 g/mol. The van der Waals surface area contributed by atoms with Gasteiger partial charge >= 0.3 is 0 Å². The molecule has 0 saturated heterocycles. The molecule has 1 unspecified atom stereocenters. The van der Waals surface area contributed by atoms with Crippen molar-refractivity contribution in [3.8, 4) is 0 Å². The summed E-state index contributed by atoms with van der Waals surface area (Å²) in [4.78, 5) is 0. The number of benzene rings is 2. The lowest BCUT2D eigenvalue weighted by molar-refractivity contribution is 0.200. The van der Waals surface area contributed by atoms with E-state index < -0.39 is 6.10 Å². The Morgan fingerprint density at radius 3 is 2.63 bits per heavy atom. The van der Waals surface area contributed by atoms with Crippen LogP contribution in [0.1, 0.15) is 29.7 Å². The average Bonchev–Trinajstić information content (AvgIpc) is 2.40. The van der Waals surface area contributed by atoms with E-state index in [0.717, 1.165) is 22.3 Å². The maximum absolute atomic E-state index is 9.74. The zero-order valence-corrected chi connectivity index (χ0v) is 12.7. The Morgan fingerprint density at radius 2 is 1.95 bits per heavy atom. The van der Waals surface area contributed by atoms with E-state index in [1.54, 1.807) is 6.92 Å². The first-order valence-electron chi connectivity index (χ1n) is 6.34. The highest BCUT2D eigenvalue weighted by Gasteiger charge is 2.06. The number of hydrogen-bond acceptors (Lipinski definition) is 2. The van der Waals surface area contributed by atoms with Gasteiger partial charge < -0.3 is 10.4 Å². The second-order valence-electron chi connectivity index (χ2n) is 4.70. The van der Waals surface area contributed by atoms with Crippen LogP contribution in [0.3, 0.4) is 0 Å². The summed E-state index contributed by atoms with van der Waals surface area (Å²) in [6, 6.07) is 14.2. The monoisotopic (exact) mass is 319 g/mol. The van der Waals surface area contributed by atoms with Crippen molar-refractivity contribution >= 4 is 21.6 Å². The van der Waals surface area contributed by atoms with Crippen molar-refractivity contribution in [1.82, 2.24) is 0 Å².